The molecule has 0 radical (unpaired) electrons. The summed E-state index contributed by atoms with van der Waals surface area (Å²) in [4.78, 5) is 4.43. The Morgan fingerprint density at radius 2 is 2.38 bits per heavy atom. The Bertz CT molecular complexity index is 725. The maximum absolute atomic E-state index is 8.81. The Hall–Kier alpha value is -2.88. The molecule has 0 amide bonds. The Labute approximate surface area is 122 Å². The number of nitriles is 1. The van der Waals surface area contributed by atoms with Crippen LogP contribution in [0.2, 0.25) is 0 Å². The second-order valence-electron chi connectivity index (χ2n) is 4.46. The topological polar surface area (TPSA) is 124 Å². The van der Waals surface area contributed by atoms with E-state index in [2.05, 4.69) is 22.4 Å². The first-order valence-electron chi connectivity index (χ1n) is 6.62. The van der Waals surface area contributed by atoms with Crippen LogP contribution in [0.3, 0.4) is 0 Å². The summed E-state index contributed by atoms with van der Waals surface area (Å²) < 4.78 is 5.66. The van der Waals surface area contributed by atoms with Gasteiger partial charge in [0, 0.05) is 6.42 Å². The predicted octanol–water partition coefficient (Wildman–Crippen LogP) is 2.40. The van der Waals surface area contributed by atoms with E-state index in [1.165, 1.54) is 0 Å². The van der Waals surface area contributed by atoms with E-state index >= 15 is 0 Å². The molecule has 0 fully saturated rings. The first kappa shape index (κ1) is 14.5. The molecule has 0 spiro atoms. The molecule has 0 bridgehead atoms. The summed E-state index contributed by atoms with van der Waals surface area (Å²) in [5.74, 6) is 0.290. The number of aryl methyl sites for hydroxylation is 1. The summed E-state index contributed by atoms with van der Waals surface area (Å²) in [6, 6.07) is 7.14. The molecule has 0 saturated carbocycles. The van der Waals surface area contributed by atoms with Crippen molar-refractivity contribution in [2.24, 2.45) is 10.8 Å². The SMILES string of the molecule is CCCCc1nc2c(N/N=C(\C#N)C(=N)N)cccc2o1. The number of para-hydroxylation sites is 1. The third-order valence-corrected chi connectivity index (χ3v) is 2.86. The highest BCUT2D eigenvalue weighted by Gasteiger charge is 2.10. The first-order valence-corrected chi connectivity index (χ1v) is 6.62. The summed E-state index contributed by atoms with van der Waals surface area (Å²) in [5.41, 5.74) is 9.68. The molecule has 4 N–H and O–H groups in total. The van der Waals surface area contributed by atoms with Gasteiger partial charge in [-0.3, -0.25) is 10.8 Å². The summed E-state index contributed by atoms with van der Waals surface area (Å²) >= 11 is 0. The Balaban J connectivity index is 2.30. The number of rotatable bonds is 6. The highest BCUT2D eigenvalue weighted by molar-refractivity contribution is 6.45. The maximum atomic E-state index is 8.81. The van der Waals surface area contributed by atoms with E-state index < -0.39 is 0 Å². The molecule has 21 heavy (non-hydrogen) atoms. The number of hydrogen-bond donors (Lipinski definition) is 3. The third kappa shape index (κ3) is 3.36. The van der Waals surface area contributed by atoms with Crippen molar-refractivity contribution in [2.45, 2.75) is 26.2 Å². The van der Waals surface area contributed by atoms with E-state index in [0.29, 0.717) is 22.7 Å². The van der Waals surface area contributed by atoms with Gasteiger partial charge in [-0.1, -0.05) is 19.4 Å². The van der Waals surface area contributed by atoms with Crippen LogP contribution in [0.1, 0.15) is 25.7 Å². The molecule has 2 rings (SSSR count). The average Bonchev–Trinajstić information content (AvgIpc) is 2.89. The lowest BCUT2D eigenvalue weighted by molar-refractivity contribution is 0.517. The number of hydrazone groups is 1. The Morgan fingerprint density at radius 3 is 3.05 bits per heavy atom. The molecule has 0 saturated heterocycles. The molecule has 0 aliphatic rings. The highest BCUT2D eigenvalue weighted by Crippen LogP contribution is 2.24. The van der Waals surface area contributed by atoms with E-state index in [4.69, 9.17) is 20.8 Å². The van der Waals surface area contributed by atoms with E-state index in [0.717, 1.165) is 19.3 Å². The molecule has 108 valence electrons. The fraction of sp³-hybridized carbons (Fsp3) is 0.286. The number of oxazole rings is 1. The predicted molar refractivity (Wildman–Crippen MR) is 81.2 cm³/mol. The van der Waals surface area contributed by atoms with Crippen molar-refractivity contribution in [2.75, 3.05) is 5.43 Å². The van der Waals surface area contributed by atoms with Gasteiger partial charge in [0.2, 0.25) is 5.71 Å². The molecule has 7 nitrogen and oxygen atoms in total. The largest absolute Gasteiger partial charge is 0.441 e. The lowest BCUT2D eigenvalue weighted by Crippen LogP contribution is -2.21. The second-order valence-corrected chi connectivity index (χ2v) is 4.46. The second kappa shape index (κ2) is 6.52. The van der Waals surface area contributed by atoms with Crippen LogP contribution in [0, 0.1) is 16.7 Å². The molecule has 0 aliphatic carbocycles. The fourth-order valence-electron chi connectivity index (χ4n) is 1.78. The van der Waals surface area contributed by atoms with Gasteiger partial charge in [-0.05, 0) is 18.6 Å². The lowest BCUT2D eigenvalue weighted by atomic mass is 10.2. The molecule has 2 aromatic rings. The van der Waals surface area contributed by atoms with E-state index in [1.54, 1.807) is 18.2 Å². The van der Waals surface area contributed by atoms with Gasteiger partial charge in [0.25, 0.3) is 0 Å². The van der Waals surface area contributed by atoms with Crippen molar-refractivity contribution >= 4 is 28.3 Å². The zero-order valence-corrected chi connectivity index (χ0v) is 11.7. The number of unbranched alkanes of at least 4 members (excludes halogenated alkanes) is 1. The minimum atomic E-state index is -0.388. The minimum absolute atomic E-state index is 0.179. The molecule has 7 heteroatoms. The minimum Gasteiger partial charge on any atom is -0.441 e. The number of nitrogens with two attached hydrogens (primary N) is 1. The zero-order chi connectivity index (χ0) is 15.2. The number of benzene rings is 1. The molecule has 0 aliphatic heterocycles. The van der Waals surface area contributed by atoms with Gasteiger partial charge in [-0.25, -0.2) is 4.98 Å². The van der Waals surface area contributed by atoms with Crippen LogP contribution in [0.5, 0.6) is 0 Å². The van der Waals surface area contributed by atoms with Gasteiger partial charge < -0.3 is 10.2 Å². The highest BCUT2D eigenvalue weighted by atomic mass is 16.3. The number of amidine groups is 1. The monoisotopic (exact) mass is 284 g/mol. The first-order chi connectivity index (χ1) is 10.2. The van der Waals surface area contributed by atoms with Crippen LogP contribution in [0.4, 0.5) is 5.69 Å². The van der Waals surface area contributed by atoms with E-state index in [1.807, 2.05) is 6.07 Å². The molecular weight excluding hydrogens is 268 g/mol. The van der Waals surface area contributed by atoms with Crippen LogP contribution in [-0.4, -0.2) is 16.5 Å². The number of fused-ring (bicyclic) bond motifs is 1. The maximum Gasteiger partial charge on any atom is 0.201 e. The molecule has 0 unspecified atom stereocenters. The number of nitrogens with zero attached hydrogens (tertiary/aromatic N) is 3. The van der Waals surface area contributed by atoms with E-state index in [9.17, 15) is 0 Å². The Kier molecular flexibility index (Phi) is 4.51. The van der Waals surface area contributed by atoms with Crippen LogP contribution >= 0.6 is 0 Å². The van der Waals surface area contributed by atoms with Gasteiger partial charge in [0.05, 0.1) is 5.69 Å². The number of nitrogens with one attached hydrogen (secondary N) is 2. The van der Waals surface area contributed by atoms with Crippen molar-refractivity contribution in [3.63, 3.8) is 0 Å². The smallest absolute Gasteiger partial charge is 0.201 e. The number of aromatic nitrogens is 1. The van der Waals surface area contributed by atoms with Crippen molar-refractivity contribution in [1.82, 2.24) is 4.98 Å². The fourth-order valence-corrected chi connectivity index (χ4v) is 1.78. The van der Waals surface area contributed by atoms with E-state index in [-0.39, 0.29) is 11.5 Å². The molecule has 1 aromatic carbocycles. The number of hydrogen-bond acceptors (Lipinski definition) is 6. The van der Waals surface area contributed by atoms with Gasteiger partial charge in [-0.2, -0.15) is 10.4 Å². The Morgan fingerprint density at radius 1 is 1.57 bits per heavy atom. The van der Waals surface area contributed by atoms with Crippen molar-refractivity contribution in [1.29, 1.82) is 10.7 Å². The van der Waals surface area contributed by atoms with Gasteiger partial charge in [0.1, 0.15) is 11.6 Å². The summed E-state index contributed by atoms with van der Waals surface area (Å²) in [5, 5.41) is 19.8. The molecule has 1 aromatic heterocycles. The number of anilines is 1. The standard InChI is InChI=1S/C14H16N6O/c1-2-3-7-12-18-13-9(5-4-6-11(13)21-12)19-20-10(8-15)14(16)17/h4-6,19H,2-3,7H2,1H3,(H3,16,17)/b20-10+. The molecular formula is C14H16N6O. The van der Waals surface area contributed by atoms with Crippen molar-refractivity contribution in [3.8, 4) is 6.07 Å². The molecule has 0 atom stereocenters. The van der Waals surface area contributed by atoms with Gasteiger partial charge in [-0.15, -0.1) is 0 Å². The average molecular weight is 284 g/mol. The van der Waals surface area contributed by atoms with Crippen molar-refractivity contribution in [3.05, 3.63) is 24.1 Å². The van der Waals surface area contributed by atoms with Crippen LogP contribution in [0.25, 0.3) is 11.1 Å². The quantitative estimate of drug-likeness (QED) is 0.427. The van der Waals surface area contributed by atoms with Crippen molar-refractivity contribution < 1.29 is 4.42 Å². The molecule has 1 heterocycles. The normalized spacial score (nSPS) is 11.3. The zero-order valence-electron chi connectivity index (χ0n) is 11.7. The van der Waals surface area contributed by atoms with Crippen LogP contribution < -0.4 is 11.2 Å². The summed E-state index contributed by atoms with van der Waals surface area (Å²) in [6.07, 6.45) is 2.86. The third-order valence-electron chi connectivity index (χ3n) is 2.86. The summed E-state index contributed by atoms with van der Waals surface area (Å²) in [6.45, 7) is 2.11. The lowest BCUT2D eigenvalue weighted by Gasteiger charge is -2.00. The van der Waals surface area contributed by atoms with Crippen LogP contribution in [0.15, 0.2) is 27.7 Å². The van der Waals surface area contributed by atoms with Gasteiger partial charge >= 0.3 is 0 Å². The summed E-state index contributed by atoms with van der Waals surface area (Å²) in [7, 11) is 0. The van der Waals surface area contributed by atoms with Crippen LogP contribution in [-0.2, 0) is 6.42 Å². The van der Waals surface area contributed by atoms with Gasteiger partial charge in [0.15, 0.2) is 17.3 Å².